The lowest BCUT2D eigenvalue weighted by molar-refractivity contribution is -0.143. The number of esters is 1. The molecule has 0 radical (unpaired) electrons. The zero-order chi connectivity index (χ0) is 25.0. The summed E-state index contributed by atoms with van der Waals surface area (Å²) in [6, 6.07) is -0.917. The van der Waals surface area contributed by atoms with Crippen LogP contribution in [0, 0.1) is 0 Å². The van der Waals surface area contributed by atoms with E-state index >= 15 is 0 Å². The number of allylic oxidation sites excluding steroid dienone is 1. The summed E-state index contributed by atoms with van der Waals surface area (Å²) >= 11 is 0. The molecule has 34 heavy (non-hydrogen) atoms. The monoisotopic (exact) mass is 478 g/mol. The highest BCUT2D eigenvalue weighted by atomic mass is 16.6. The van der Waals surface area contributed by atoms with Gasteiger partial charge in [-0.25, -0.2) is 24.5 Å². The van der Waals surface area contributed by atoms with Gasteiger partial charge in [0.05, 0.1) is 13.4 Å². The number of carbonyl (C=O) groups is 2. The number of nitrogens with one attached hydrogen (secondary N) is 1. The predicted molar refractivity (Wildman–Crippen MR) is 119 cm³/mol. The quantitative estimate of drug-likeness (QED) is 0.319. The number of anilines is 1. The van der Waals surface area contributed by atoms with Gasteiger partial charge in [-0.05, 0) is 33.6 Å². The van der Waals surface area contributed by atoms with Gasteiger partial charge in [-0.1, -0.05) is 12.2 Å². The number of carbonyl (C=O) groups excluding carboxylic acids is 2. The van der Waals surface area contributed by atoms with E-state index in [4.69, 9.17) is 19.9 Å². The number of imidazole rings is 1. The van der Waals surface area contributed by atoms with Gasteiger partial charge in [0, 0.05) is 0 Å². The van der Waals surface area contributed by atoms with Crippen LogP contribution in [0.25, 0.3) is 11.2 Å². The van der Waals surface area contributed by atoms with Gasteiger partial charge in [0.1, 0.15) is 41.8 Å². The molecule has 1 aliphatic rings. The Labute approximate surface area is 195 Å². The molecule has 1 aliphatic heterocycles. The van der Waals surface area contributed by atoms with Crippen molar-refractivity contribution in [2.24, 2.45) is 0 Å². The molecule has 1 saturated heterocycles. The Morgan fingerprint density at radius 3 is 2.71 bits per heavy atom. The number of hydrogen-bond donors (Lipinski definition) is 4. The summed E-state index contributed by atoms with van der Waals surface area (Å²) in [7, 11) is 1.23. The number of aliphatic hydroxyl groups is 2. The molecule has 1 fully saturated rings. The SMILES string of the molecule is COC(=O)C(CC/C=C/[C@H]1O[C@@H](n2cnc3c(N)ncnc32)[C@H](O)[C@@H]1O)NC(=O)OC(C)(C)C. The number of nitrogens with two attached hydrogens (primary N) is 1. The van der Waals surface area contributed by atoms with Crippen molar-refractivity contribution in [1.82, 2.24) is 24.8 Å². The maximum absolute atomic E-state index is 12.0. The Morgan fingerprint density at radius 1 is 1.29 bits per heavy atom. The summed E-state index contributed by atoms with van der Waals surface area (Å²) in [5.74, 6) is -0.423. The average Bonchev–Trinajstić information content (AvgIpc) is 3.31. The van der Waals surface area contributed by atoms with Crippen molar-refractivity contribution < 1.29 is 34.0 Å². The molecule has 3 rings (SSSR count). The number of hydrogen-bond acceptors (Lipinski definition) is 11. The Balaban J connectivity index is 1.61. The maximum atomic E-state index is 12.0. The minimum Gasteiger partial charge on any atom is -0.467 e. The summed E-state index contributed by atoms with van der Waals surface area (Å²) in [5, 5.41) is 23.5. The first-order chi connectivity index (χ1) is 16.0. The first-order valence-corrected chi connectivity index (χ1v) is 10.7. The van der Waals surface area contributed by atoms with Gasteiger partial charge in [-0.2, -0.15) is 0 Å². The van der Waals surface area contributed by atoms with E-state index < -0.39 is 48.2 Å². The minimum atomic E-state index is -1.25. The molecule has 186 valence electrons. The molecular weight excluding hydrogens is 448 g/mol. The van der Waals surface area contributed by atoms with Crippen molar-refractivity contribution in [3.63, 3.8) is 0 Å². The number of methoxy groups -OCH3 is 1. The average molecular weight is 479 g/mol. The number of amides is 1. The molecule has 5 atom stereocenters. The Morgan fingerprint density at radius 2 is 2.03 bits per heavy atom. The number of aromatic nitrogens is 4. The normalized spacial score (nSPS) is 23.8. The molecule has 1 unspecified atom stereocenters. The molecule has 0 bridgehead atoms. The van der Waals surface area contributed by atoms with E-state index in [-0.39, 0.29) is 12.2 Å². The lowest BCUT2D eigenvalue weighted by atomic mass is 10.1. The fourth-order valence-electron chi connectivity index (χ4n) is 3.46. The molecule has 0 spiro atoms. The summed E-state index contributed by atoms with van der Waals surface area (Å²) in [4.78, 5) is 36.2. The second kappa shape index (κ2) is 10.3. The molecule has 13 nitrogen and oxygen atoms in total. The second-order valence-electron chi connectivity index (χ2n) is 8.78. The maximum Gasteiger partial charge on any atom is 0.408 e. The fraction of sp³-hybridized carbons (Fsp3) is 0.571. The van der Waals surface area contributed by atoms with Gasteiger partial charge >= 0.3 is 12.1 Å². The summed E-state index contributed by atoms with van der Waals surface area (Å²) in [5.41, 5.74) is 5.81. The van der Waals surface area contributed by atoms with Crippen LogP contribution in [0.3, 0.4) is 0 Å². The molecule has 2 aromatic rings. The lowest BCUT2D eigenvalue weighted by Crippen LogP contribution is -2.43. The third-order valence-corrected chi connectivity index (χ3v) is 5.06. The lowest BCUT2D eigenvalue weighted by Gasteiger charge is -2.22. The van der Waals surface area contributed by atoms with E-state index in [0.29, 0.717) is 17.6 Å². The molecule has 2 aromatic heterocycles. The summed E-state index contributed by atoms with van der Waals surface area (Å²) in [6.45, 7) is 5.14. The first kappa shape index (κ1) is 25.3. The van der Waals surface area contributed by atoms with Crippen molar-refractivity contribution in [2.75, 3.05) is 12.8 Å². The molecule has 0 aromatic carbocycles. The third kappa shape index (κ3) is 5.79. The summed E-state index contributed by atoms with van der Waals surface area (Å²) in [6.07, 6.45) is 1.55. The molecule has 5 N–H and O–H groups in total. The highest BCUT2D eigenvalue weighted by Gasteiger charge is 2.43. The largest absolute Gasteiger partial charge is 0.467 e. The first-order valence-electron chi connectivity index (χ1n) is 10.7. The van der Waals surface area contributed by atoms with Crippen LogP contribution in [-0.2, 0) is 19.0 Å². The molecule has 3 heterocycles. The van der Waals surface area contributed by atoms with Gasteiger partial charge in [0.2, 0.25) is 0 Å². The van der Waals surface area contributed by atoms with Crippen molar-refractivity contribution in [3.8, 4) is 0 Å². The van der Waals surface area contributed by atoms with Crippen molar-refractivity contribution in [3.05, 3.63) is 24.8 Å². The molecule has 13 heteroatoms. The highest BCUT2D eigenvalue weighted by Crippen LogP contribution is 2.32. The zero-order valence-corrected chi connectivity index (χ0v) is 19.4. The summed E-state index contributed by atoms with van der Waals surface area (Å²) < 4.78 is 17.2. The molecule has 0 aliphatic carbocycles. The van der Waals surface area contributed by atoms with Crippen molar-refractivity contribution in [1.29, 1.82) is 0 Å². The second-order valence-corrected chi connectivity index (χ2v) is 8.78. The van der Waals surface area contributed by atoms with E-state index in [1.165, 1.54) is 24.3 Å². The topological polar surface area (TPSA) is 184 Å². The number of ether oxygens (including phenoxy) is 3. The molecular formula is C21H30N6O7. The van der Waals surface area contributed by atoms with Crippen LogP contribution in [0.1, 0.15) is 39.8 Å². The van der Waals surface area contributed by atoms with E-state index in [2.05, 4.69) is 20.3 Å². The van der Waals surface area contributed by atoms with Crippen molar-refractivity contribution >= 4 is 29.0 Å². The smallest absolute Gasteiger partial charge is 0.408 e. The number of nitrogens with zero attached hydrogens (tertiary/aromatic N) is 4. The Kier molecular flexibility index (Phi) is 7.69. The Hall–Kier alpha value is -3.29. The highest BCUT2D eigenvalue weighted by molar-refractivity contribution is 5.81. The van der Waals surface area contributed by atoms with E-state index in [1.54, 1.807) is 32.9 Å². The van der Waals surface area contributed by atoms with Crippen LogP contribution in [0.4, 0.5) is 10.6 Å². The van der Waals surface area contributed by atoms with Crippen LogP contribution >= 0.6 is 0 Å². The number of nitrogen functional groups attached to an aromatic ring is 1. The number of fused-ring (bicyclic) bond motifs is 1. The van der Waals surface area contributed by atoms with Crippen LogP contribution < -0.4 is 11.1 Å². The minimum absolute atomic E-state index is 0.188. The Bertz CT molecular complexity index is 1050. The van der Waals surface area contributed by atoms with E-state index in [9.17, 15) is 19.8 Å². The number of aliphatic hydroxyl groups excluding tert-OH is 2. The van der Waals surface area contributed by atoms with Gasteiger partial charge in [0.15, 0.2) is 17.7 Å². The zero-order valence-electron chi connectivity index (χ0n) is 19.4. The third-order valence-electron chi connectivity index (χ3n) is 5.06. The standard InChI is InChI=1S/C21H30N6O7/c1-21(2,3)34-20(31)26-11(19(30)32-4)7-5-6-8-12-14(28)15(29)18(33-12)27-10-25-13-16(22)23-9-24-17(13)27/h6,8-12,14-15,18,28-29H,5,7H2,1-4H3,(H,26,31)(H2,22,23,24)/b8-6+/t11?,12-,14-,15-,18-/m1/s1. The van der Waals surface area contributed by atoms with Crippen LogP contribution in [-0.4, -0.2) is 78.9 Å². The fourth-order valence-corrected chi connectivity index (χ4v) is 3.46. The molecule has 1 amide bonds. The molecule has 0 saturated carbocycles. The number of alkyl carbamates (subject to hydrolysis) is 1. The number of rotatable bonds is 7. The van der Waals surface area contributed by atoms with E-state index in [1.807, 2.05) is 0 Å². The van der Waals surface area contributed by atoms with Gasteiger partial charge in [0.25, 0.3) is 0 Å². The van der Waals surface area contributed by atoms with Crippen LogP contribution in [0.2, 0.25) is 0 Å². The predicted octanol–water partition coefficient (Wildman–Crippen LogP) is 0.430. The van der Waals surface area contributed by atoms with Crippen molar-refractivity contribution in [2.45, 2.75) is 69.8 Å². The van der Waals surface area contributed by atoms with Crippen LogP contribution in [0.5, 0.6) is 0 Å². The van der Waals surface area contributed by atoms with Crippen LogP contribution in [0.15, 0.2) is 24.8 Å². The van der Waals surface area contributed by atoms with Gasteiger partial charge < -0.3 is 35.5 Å². The van der Waals surface area contributed by atoms with Gasteiger partial charge in [-0.3, -0.25) is 4.57 Å². The van der Waals surface area contributed by atoms with E-state index in [0.717, 1.165) is 0 Å². The van der Waals surface area contributed by atoms with Gasteiger partial charge in [-0.15, -0.1) is 0 Å².